The summed E-state index contributed by atoms with van der Waals surface area (Å²) >= 11 is 0. The van der Waals surface area contributed by atoms with Gasteiger partial charge in [0.1, 0.15) is 0 Å². The van der Waals surface area contributed by atoms with Crippen molar-refractivity contribution < 1.29 is 9.59 Å². The van der Waals surface area contributed by atoms with Crippen LogP contribution in [0, 0.1) is 0 Å². The molecule has 0 atom stereocenters. The van der Waals surface area contributed by atoms with Crippen molar-refractivity contribution in [1.29, 1.82) is 0 Å². The summed E-state index contributed by atoms with van der Waals surface area (Å²) in [6.07, 6.45) is 2.55. The fourth-order valence-corrected chi connectivity index (χ4v) is 3.84. The van der Waals surface area contributed by atoms with Crippen molar-refractivity contribution in [3.05, 3.63) is 71.9 Å². The minimum absolute atomic E-state index is 0.0251. The Morgan fingerprint density at radius 3 is 2.48 bits per heavy atom. The topological polar surface area (TPSA) is 80.5 Å². The number of carbonyl (C=O) groups excluding carboxylic acids is 2. The van der Waals surface area contributed by atoms with Crippen LogP contribution in [-0.4, -0.2) is 66.0 Å². The number of urea groups is 1. The molecule has 1 saturated heterocycles. The maximum Gasteiger partial charge on any atom is 0.317 e. The highest BCUT2D eigenvalue weighted by Crippen LogP contribution is 2.14. The van der Waals surface area contributed by atoms with Crippen molar-refractivity contribution in [2.45, 2.75) is 13.0 Å². The number of fused-ring (bicyclic) bond motifs is 1. The van der Waals surface area contributed by atoms with E-state index in [4.69, 9.17) is 0 Å². The third kappa shape index (κ3) is 5.64. The molecule has 31 heavy (non-hydrogen) atoms. The first-order valence-corrected chi connectivity index (χ1v) is 10.8. The predicted molar refractivity (Wildman–Crippen MR) is 122 cm³/mol. The Morgan fingerprint density at radius 2 is 1.68 bits per heavy atom. The molecule has 2 heterocycles. The molecule has 162 valence electrons. The minimum Gasteiger partial charge on any atom is -0.361 e. The van der Waals surface area contributed by atoms with E-state index in [0.717, 1.165) is 43.6 Å². The molecule has 0 radical (unpaired) electrons. The molecule has 1 fully saturated rings. The van der Waals surface area contributed by atoms with Crippen LogP contribution in [0.1, 0.15) is 22.3 Å². The number of amides is 3. The highest BCUT2D eigenvalue weighted by molar-refractivity contribution is 5.97. The normalized spacial score (nSPS) is 14.5. The third-order valence-corrected chi connectivity index (χ3v) is 5.64. The van der Waals surface area contributed by atoms with Gasteiger partial charge in [-0.3, -0.25) is 9.69 Å². The molecule has 3 amide bonds. The van der Waals surface area contributed by atoms with E-state index in [1.165, 1.54) is 5.56 Å². The van der Waals surface area contributed by atoms with Gasteiger partial charge in [0.05, 0.1) is 0 Å². The quantitative estimate of drug-likeness (QED) is 0.515. The summed E-state index contributed by atoms with van der Waals surface area (Å²) in [5.41, 5.74) is 2.88. The lowest BCUT2D eigenvalue weighted by atomic mass is 10.1. The molecule has 0 unspecified atom stereocenters. The third-order valence-electron chi connectivity index (χ3n) is 5.64. The van der Waals surface area contributed by atoms with Crippen LogP contribution in [0.4, 0.5) is 4.79 Å². The van der Waals surface area contributed by atoms with Gasteiger partial charge < -0.3 is 20.5 Å². The molecular weight excluding hydrogens is 390 g/mol. The summed E-state index contributed by atoms with van der Waals surface area (Å²) in [6, 6.07) is 18.0. The van der Waals surface area contributed by atoms with Crippen LogP contribution in [0.25, 0.3) is 10.9 Å². The summed E-state index contributed by atoms with van der Waals surface area (Å²) < 4.78 is 0. The average molecular weight is 420 g/mol. The number of H-pyrrole nitrogens is 1. The molecule has 0 saturated carbocycles. The van der Waals surface area contributed by atoms with E-state index in [1.54, 1.807) is 0 Å². The monoisotopic (exact) mass is 419 g/mol. The number of nitrogens with one attached hydrogen (secondary N) is 3. The number of benzene rings is 2. The van der Waals surface area contributed by atoms with Crippen molar-refractivity contribution in [3.63, 3.8) is 0 Å². The van der Waals surface area contributed by atoms with Gasteiger partial charge in [-0.1, -0.05) is 36.4 Å². The number of aromatic nitrogens is 1. The Bertz CT molecular complexity index is 1010. The van der Waals surface area contributed by atoms with Gasteiger partial charge in [0.25, 0.3) is 5.91 Å². The summed E-state index contributed by atoms with van der Waals surface area (Å²) in [5.74, 6) is -0.0997. The maximum atomic E-state index is 12.4. The molecule has 0 bridgehead atoms. The zero-order valence-electron chi connectivity index (χ0n) is 17.6. The highest BCUT2D eigenvalue weighted by atomic mass is 16.2. The number of carbonyl (C=O) groups is 2. The first-order valence-electron chi connectivity index (χ1n) is 10.8. The average Bonchev–Trinajstić information content (AvgIpc) is 3.28. The number of piperazine rings is 1. The largest absolute Gasteiger partial charge is 0.361 e. The number of rotatable bonds is 7. The van der Waals surface area contributed by atoms with Gasteiger partial charge in [0, 0.05) is 63.1 Å². The Hall–Kier alpha value is -3.32. The molecule has 3 aromatic rings. The lowest BCUT2D eigenvalue weighted by Crippen LogP contribution is -2.51. The molecule has 2 aromatic carbocycles. The van der Waals surface area contributed by atoms with Crippen molar-refractivity contribution in [1.82, 2.24) is 25.4 Å². The van der Waals surface area contributed by atoms with Crippen LogP contribution in [0.2, 0.25) is 0 Å². The fourth-order valence-electron chi connectivity index (χ4n) is 3.84. The Morgan fingerprint density at radius 1 is 0.903 bits per heavy atom. The van der Waals surface area contributed by atoms with Crippen molar-refractivity contribution in [2.24, 2.45) is 0 Å². The molecule has 1 aromatic heterocycles. The predicted octanol–water partition coefficient (Wildman–Crippen LogP) is 2.82. The lowest BCUT2D eigenvalue weighted by Gasteiger charge is -2.34. The van der Waals surface area contributed by atoms with Crippen LogP contribution >= 0.6 is 0 Å². The van der Waals surface area contributed by atoms with Crippen LogP contribution in [0.3, 0.4) is 0 Å². The van der Waals surface area contributed by atoms with Gasteiger partial charge in [0.2, 0.25) is 0 Å². The summed E-state index contributed by atoms with van der Waals surface area (Å²) in [4.78, 5) is 32.0. The molecule has 0 spiro atoms. The van der Waals surface area contributed by atoms with E-state index in [0.29, 0.717) is 25.1 Å². The van der Waals surface area contributed by atoms with E-state index in [2.05, 4.69) is 44.8 Å². The first-order chi connectivity index (χ1) is 15.2. The number of hydrogen-bond donors (Lipinski definition) is 3. The van der Waals surface area contributed by atoms with Crippen LogP contribution in [-0.2, 0) is 6.54 Å². The molecule has 4 rings (SSSR count). The maximum absolute atomic E-state index is 12.4. The van der Waals surface area contributed by atoms with Crippen molar-refractivity contribution in [2.75, 3.05) is 39.3 Å². The lowest BCUT2D eigenvalue weighted by molar-refractivity contribution is 0.0953. The second-order valence-corrected chi connectivity index (χ2v) is 7.87. The van der Waals surface area contributed by atoms with E-state index in [9.17, 15) is 9.59 Å². The Labute approximate surface area is 182 Å². The van der Waals surface area contributed by atoms with Gasteiger partial charge in [-0.25, -0.2) is 4.79 Å². The van der Waals surface area contributed by atoms with E-state index < -0.39 is 0 Å². The van der Waals surface area contributed by atoms with Gasteiger partial charge in [-0.05, 0) is 35.6 Å². The molecule has 7 heteroatoms. The second-order valence-electron chi connectivity index (χ2n) is 7.87. The number of nitrogens with zero attached hydrogens (tertiary/aromatic N) is 2. The van der Waals surface area contributed by atoms with Crippen LogP contribution < -0.4 is 10.6 Å². The molecule has 7 nitrogen and oxygen atoms in total. The van der Waals surface area contributed by atoms with Gasteiger partial charge in [0.15, 0.2) is 0 Å². The van der Waals surface area contributed by atoms with E-state index in [1.807, 2.05) is 41.4 Å². The number of aromatic amines is 1. The van der Waals surface area contributed by atoms with Crippen LogP contribution in [0.5, 0.6) is 0 Å². The Kier molecular flexibility index (Phi) is 6.84. The van der Waals surface area contributed by atoms with Gasteiger partial charge in [-0.2, -0.15) is 0 Å². The van der Waals surface area contributed by atoms with Gasteiger partial charge in [-0.15, -0.1) is 0 Å². The molecule has 0 aliphatic carbocycles. The van der Waals surface area contributed by atoms with E-state index >= 15 is 0 Å². The van der Waals surface area contributed by atoms with E-state index in [-0.39, 0.29) is 11.9 Å². The zero-order chi connectivity index (χ0) is 21.5. The molecule has 1 aliphatic heterocycles. The minimum atomic E-state index is -0.0997. The fraction of sp³-hybridized carbons (Fsp3) is 0.333. The second kappa shape index (κ2) is 10.1. The smallest absolute Gasteiger partial charge is 0.317 e. The van der Waals surface area contributed by atoms with Gasteiger partial charge >= 0.3 is 6.03 Å². The SMILES string of the molecule is O=C(NCCCNC(=O)N1CCN(Cc2ccccc2)CC1)c1ccc2cc[nH]c2c1. The first kappa shape index (κ1) is 20.9. The molecule has 3 N–H and O–H groups in total. The van der Waals surface area contributed by atoms with Crippen LogP contribution in [0.15, 0.2) is 60.8 Å². The highest BCUT2D eigenvalue weighted by Gasteiger charge is 2.20. The molecular formula is C24H29N5O2. The Balaban J connectivity index is 1.11. The summed E-state index contributed by atoms with van der Waals surface area (Å²) in [5, 5.41) is 6.96. The van der Waals surface area contributed by atoms with Crippen molar-refractivity contribution >= 4 is 22.8 Å². The number of hydrogen-bond acceptors (Lipinski definition) is 3. The zero-order valence-corrected chi connectivity index (χ0v) is 17.6. The van der Waals surface area contributed by atoms with Crippen molar-refractivity contribution in [3.8, 4) is 0 Å². The standard InChI is InChI=1S/C24H29N5O2/c30-23(21-8-7-20-9-12-25-22(20)17-21)26-10-4-11-27-24(31)29-15-13-28(14-16-29)18-19-5-2-1-3-6-19/h1-3,5-9,12,17,25H,4,10-11,13-16,18H2,(H,26,30)(H,27,31). The summed E-state index contributed by atoms with van der Waals surface area (Å²) in [6.45, 7) is 5.21. The molecule has 1 aliphatic rings. The summed E-state index contributed by atoms with van der Waals surface area (Å²) in [7, 11) is 0.